The molecule has 2 rings (SSSR count). The Morgan fingerprint density at radius 2 is 1.58 bits per heavy atom. The molecule has 0 aromatic heterocycles. The summed E-state index contributed by atoms with van der Waals surface area (Å²) >= 11 is 17.0. The van der Waals surface area contributed by atoms with Crippen molar-refractivity contribution in [3.63, 3.8) is 0 Å². The molecule has 9 heteroatoms. The van der Waals surface area contributed by atoms with E-state index in [0.717, 1.165) is 0 Å². The molecule has 0 spiro atoms. The van der Waals surface area contributed by atoms with Crippen LogP contribution in [0, 0.1) is 0 Å². The highest BCUT2D eigenvalue weighted by atomic mass is 35.5. The Kier molecular flexibility index (Phi) is 6.90. The van der Waals surface area contributed by atoms with Crippen LogP contribution in [0.15, 0.2) is 30.3 Å². The Hall–Kier alpha value is -2.22. The number of halogens is 2. The number of amides is 1. The summed E-state index contributed by atoms with van der Waals surface area (Å²) in [5, 5.41) is 6.32. The van der Waals surface area contributed by atoms with Gasteiger partial charge in [-0.15, -0.1) is 0 Å². The summed E-state index contributed by atoms with van der Waals surface area (Å²) in [5.41, 5.74) is 0.882. The smallest absolute Gasteiger partial charge is 0.257 e. The molecule has 0 aliphatic rings. The van der Waals surface area contributed by atoms with Gasteiger partial charge in [0.2, 0.25) is 5.75 Å². The first kappa shape index (κ1) is 20.1. The van der Waals surface area contributed by atoms with Gasteiger partial charge >= 0.3 is 0 Å². The molecule has 1 amide bonds. The highest BCUT2D eigenvalue weighted by Gasteiger charge is 2.17. The summed E-state index contributed by atoms with van der Waals surface area (Å²) in [6.45, 7) is 0. The fourth-order valence-electron chi connectivity index (χ4n) is 2.12. The molecule has 0 saturated carbocycles. The number of benzene rings is 2. The molecular weight excluding hydrogens is 399 g/mol. The van der Waals surface area contributed by atoms with Crippen molar-refractivity contribution in [2.24, 2.45) is 0 Å². The average molecular weight is 415 g/mol. The van der Waals surface area contributed by atoms with Crippen LogP contribution in [0.1, 0.15) is 10.4 Å². The molecule has 6 nitrogen and oxygen atoms in total. The minimum atomic E-state index is -0.443. The zero-order valence-electron chi connectivity index (χ0n) is 14.2. The first-order chi connectivity index (χ1) is 12.4. The van der Waals surface area contributed by atoms with Crippen molar-refractivity contribution in [3.8, 4) is 17.2 Å². The molecule has 2 N–H and O–H groups in total. The van der Waals surface area contributed by atoms with Gasteiger partial charge in [-0.05, 0) is 42.5 Å². The van der Waals surface area contributed by atoms with Gasteiger partial charge in [0.1, 0.15) is 0 Å². The van der Waals surface area contributed by atoms with E-state index in [1.54, 1.807) is 18.2 Å². The van der Waals surface area contributed by atoms with Gasteiger partial charge in [-0.3, -0.25) is 10.1 Å². The number of hydrogen-bond acceptors (Lipinski definition) is 5. The maximum Gasteiger partial charge on any atom is 0.257 e. The summed E-state index contributed by atoms with van der Waals surface area (Å²) in [4.78, 5) is 12.5. The van der Waals surface area contributed by atoms with Gasteiger partial charge in [0.05, 0.1) is 31.4 Å². The first-order valence-electron chi connectivity index (χ1n) is 7.27. The molecule has 2 aromatic rings. The molecular formula is C17H16Cl2N2O4S. The second-order valence-electron chi connectivity index (χ2n) is 4.95. The first-order valence-corrected chi connectivity index (χ1v) is 8.43. The fraction of sp³-hybridized carbons (Fsp3) is 0.176. The number of carbonyl (C=O) groups excluding carboxylic acids is 1. The van der Waals surface area contributed by atoms with Crippen molar-refractivity contribution >= 4 is 52.1 Å². The molecule has 0 atom stereocenters. The van der Waals surface area contributed by atoms with E-state index in [0.29, 0.717) is 33.0 Å². The summed E-state index contributed by atoms with van der Waals surface area (Å²) in [6.07, 6.45) is 0. The number of ether oxygens (including phenoxy) is 3. The van der Waals surface area contributed by atoms with E-state index in [2.05, 4.69) is 10.6 Å². The third-order valence-electron chi connectivity index (χ3n) is 3.33. The predicted molar refractivity (Wildman–Crippen MR) is 106 cm³/mol. The lowest BCUT2D eigenvalue weighted by Crippen LogP contribution is -2.34. The second-order valence-corrected chi connectivity index (χ2v) is 6.17. The molecule has 0 unspecified atom stereocenters. The fourth-order valence-corrected chi connectivity index (χ4v) is 2.63. The summed E-state index contributed by atoms with van der Waals surface area (Å²) in [6, 6.07) is 7.96. The molecule has 138 valence electrons. The summed E-state index contributed by atoms with van der Waals surface area (Å²) < 4.78 is 15.7. The van der Waals surface area contributed by atoms with E-state index >= 15 is 0 Å². The van der Waals surface area contributed by atoms with Gasteiger partial charge in [-0.25, -0.2) is 0 Å². The standard InChI is InChI=1S/C17H16Cl2N2O4S/c1-23-13-6-9(7-14(24-2)15(13)25-3)16(22)21-17(26)20-10-4-5-11(18)12(19)8-10/h4-8H,1-3H3,(H2,20,21,22,26). The van der Waals surface area contributed by atoms with Gasteiger partial charge in [-0.2, -0.15) is 0 Å². The molecule has 0 fully saturated rings. The van der Waals surface area contributed by atoms with E-state index in [1.807, 2.05) is 0 Å². The van der Waals surface area contributed by atoms with Crippen molar-refractivity contribution in [2.75, 3.05) is 26.6 Å². The predicted octanol–water partition coefficient (Wildman–Crippen LogP) is 4.15. The number of rotatable bonds is 5. The van der Waals surface area contributed by atoms with Gasteiger partial charge in [0.15, 0.2) is 16.6 Å². The van der Waals surface area contributed by atoms with E-state index in [-0.39, 0.29) is 10.7 Å². The summed E-state index contributed by atoms with van der Waals surface area (Å²) in [5.74, 6) is 0.672. The van der Waals surface area contributed by atoms with E-state index in [4.69, 9.17) is 49.6 Å². The van der Waals surface area contributed by atoms with Crippen LogP contribution in [-0.4, -0.2) is 32.3 Å². The monoisotopic (exact) mass is 414 g/mol. The summed E-state index contributed by atoms with van der Waals surface area (Å²) in [7, 11) is 4.42. The number of thiocarbonyl (C=S) groups is 1. The average Bonchev–Trinajstić information content (AvgIpc) is 2.63. The Morgan fingerprint density at radius 1 is 0.962 bits per heavy atom. The van der Waals surface area contributed by atoms with Gasteiger partial charge in [0.25, 0.3) is 5.91 Å². The minimum absolute atomic E-state index is 0.0992. The highest BCUT2D eigenvalue weighted by Crippen LogP contribution is 2.38. The molecule has 0 saturated heterocycles. The van der Waals surface area contributed by atoms with Gasteiger partial charge in [0, 0.05) is 11.3 Å². The lowest BCUT2D eigenvalue weighted by Gasteiger charge is -2.14. The zero-order chi connectivity index (χ0) is 19.3. The van der Waals surface area contributed by atoms with Crippen LogP contribution in [0.5, 0.6) is 17.2 Å². The molecule has 2 aromatic carbocycles. The molecule has 0 bridgehead atoms. The van der Waals surface area contributed by atoms with Crippen molar-refractivity contribution in [1.29, 1.82) is 0 Å². The van der Waals surface area contributed by atoms with Crippen molar-refractivity contribution < 1.29 is 19.0 Å². The van der Waals surface area contributed by atoms with Crippen LogP contribution in [0.3, 0.4) is 0 Å². The van der Waals surface area contributed by atoms with Crippen LogP contribution in [0.4, 0.5) is 5.69 Å². The third-order valence-corrected chi connectivity index (χ3v) is 4.27. The number of carbonyl (C=O) groups is 1. The van der Waals surface area contributed by atoms with Crippen LogP contribution in [0.25, 0.3) is 0 Å². The van der Waals surface area contributed by atoms with Crippen molar-refractivity contribution in [3.05, 3.63) is 45.9 Å². The Labute approximate surface area is 166 Å². The maximum absolute atomic E-state index is 12.5. The van der Waals surface area contributed by atoms with Crippen LogP contribution in [0.2, 0.25) is 10.0 Å². The molecule has 0 aliphatic heterocycles. The lowest BCUT2D eigenvalue weighted by molar-refractivity contribution is 0.0977. The third kappa shape index (κ3) is 4.69. The minimum Gasteiger partial charge on any atom is -0.493 e. The van der Waals surface area contributed by atoms with E-state index in [9.17, 15) is 4.79 Å². The number of anilines is 1. The number of nitrogens with one attached hydrogen (secondary N) is 2. The van der Waals surface area contributed by atoms with Crippen molar-refractivity contribution in [2.45, 2.75) is 0 Å². The van der Waals surface area contributed by atoms with Crippen molar-refractivity contribution in [1.82, 2.24) is 5.32 Å². The highest BCUT2D eigenvalue weighted by molar-refractivity contribution is 7.80. The quantitative estimate of drug-likeness (QED) is 0.716. The van der Waals surface area contributed by atoms with E-state index < -0.39 is 5.91 Å². The van der Waals surface area contributed by atoms with Crippen LogP contribution in [-0.2, 0) is 0 Å². The zero-order valence-corrected chi connectivity index (χ0v) is 16.5. The van der Waals surface area contributed by atoms with E-state index in [1.165, 1.54) is 33.5 Å². The number of methoxy groups -OCH3 is 3. The van der Waals surface area contributed by atoms with Gasteiger partial charge in [-0.1, -0.05) is 23.2 Å². The molecule has 0 radical (unpaired) electrons. The molecule has 0 aliphatic carbocycles. The normalized spacial score (nSPS) is 10.0. The van der Waals surface area contributed by atoms with Crippen LogP contribution < -0.4 is 24.8 Å². The Balaban J connectivity index is 2.15. The largest absolute Gasteiger partial charge is 0.493 e. The number of hydrogen-bond donors (Lipinski definition) is 2. The maximum atomic E-state index is 12.5. The van der Waals surface area contributed by atoms with Crippen LogP contribution >= 0.6 is 35.4 Å². The lowest BCUT2D eigenvalue weighted by atomic mass is 10.1. The second kappa shape index (κ2) is 8.93. The molecule has 0 heterocycles. The molecule has 26 heavy (non-hydrogen) atoms. The Morgan fingerprint density at radius 3 is 2.08 bits per heavy atom. The Bertz CT molecular complexity index is 821. The SMILES string of the molecule is COc1cc(C(=O)NC(=S)Nc2ccc(Cl)c(Cl)c2)cc(OC)c1OC. The van der Waals surface area contributed by atoms with Gasteiger partial charge < -0.3 is 19.5 Å². The topological polar surface area (TPSA) is 68.8 Å².